The number of aryl methyl sites for hydroxylation is 2. The normalized spacial score (nSPS) is 17.6. The quantitative estimate of drug-likeness (QED) is 0.781. The first-order valence-corrected chi connectivity index (χ1v) is 9.14. The topological polar surface area (TPSA) is 62.5 Å². The second-order valence-electron chi connectivity index (χ2n) is 6.94. The van der Waals surface area contributed by atoms with Gasteiger partial charge in [0.05, 0.1) is 18.9 Å². The molecular weight excluding hydrogens is 373 g/mol. The zero-order valence-electron chi connectivity index (χ0n) is 16.0. The first-order chi connectivity index (χ1) is 13.2. The van der Waals surface area contributed by atoms with Crippen LogP contribution >= 0.6 is 0 Å². The number of hydrogen-bond donors (Lipinski definition) is 2. The smallest absolute Gasteiger partial charge is 0.378 e. The standard InChI is InChI=1S/C19H25F3N4O2/c1-14-16(17(25(2)24-14)26-8-10-28-11-9-26)12-23-13-18(27,19(20,21)22)15-6-4-3-5-7-15/h3-7,23,27H,8-13H2,1-2H3. The van der Waals surface area contributed by atoms with Crippen LogP contribution in [-0.4, -0.2) is 53.9 Å². The molecule has 0 radical (unpaired) electrons. The Bertz CT molecular complexity index is 788. The molecule has 0 bridgehead atoms. The Hall–Kier alpha value is -2.10. The van der Waals surface area contributed by atoms with E-state index in [1.165, 1.54) is 24.3 Å². The second kappa shape index (κ2) is 8.10. The number of halogens is 3. The summed E-state index contributed by atoms with van der Waals surface area (Å²) in [7, 11) is 1.82. The molecular formula is C19H25F3N4O2. The molecule has 1 aromatic heterocycles. The molecule has 1 aliphatic heterocycles. The number of alkyl halides is 3. The number of benzene rings is 1. The maximum Gasteiger partial charge on any atom is 0.422 e. The molecule has 0 amide bonds. The molecule has 1 unspecified atom stereocenters. The molecule has 154 valence electrons. The average molecular weight is 398 g/mol. The van der Waals surface area contributed by atoms with Gasteiger partial charge < -0.3 is 20.1 Å². The lowest BCUT2D eigenvalue weighted by atomic mass is 9.93. The van der Waals surface area contributed by atoms with E-state index < -0.39 is 18.3 Å². The minimum atomic E-state index is -4.81. The van der Waals surface area contributed by atoms with Crippen LogP contribution in [0.4, 0.5) is 19.0 Å². The van der Waals surface area contributed by atoms with Crippen molar-refractivity contribution >= 4 is 5.82 Å². The van der Waals surface area contributed by atoms with Gasteiger partial charge in [-0.1, -0.05) is 30.3 Å². The number of aromatic nitrogens is 2. The molecule has 9 heteroatoms. The van der Waals surface area contributed by atoms with E-state index >= 15 is 0 Å². The van der Waals surface area contributed by atoms with Crippen molar-refractivity contribution in [1.82, 2.24) is 15.1 Å². The highest BCUT2D eigenvalue weighted by Crippen LogP contribution is 2.38. The van der Waals surface area contributed by atoms with E-state index in [1.54, 1.807) is 10.7 Å². The van der Waals surface area contributed by atoms with Gasteiger partial charge in [0.1, 0.15) is 5.82 Å². The molecule has 2 N–H and O–H groups in total. The largest absolute Gasteiger partial charge is 0.422 e. The number of aliphatic hydroxyl groups is 1. The van der Waals surface area contributed by atoms with Crippen molar-refractivity contribution < 1.29 is 23.0 Å². The summed E-state index contributed by atoms with van der Waals surface area (Å²) < 4.78 is 48.0. The van der Waals surface area contributed by atoms with E-state index in [-0.39, 0.29) is 12.1 Å². The molecule has 2 aromatic rings. The van der Waals surface area contributed by atoms with Gasteiger partial charge in [0.2, 0.25) is 0 Å². The Labute approximate surface area is 161 Å². The van der Waals surface area contributed by atoms with Crippen LogP contribution in [0.5, 0.6) is 0 Å². The Morgan fingerprint density at radius 2 is 1.82 bits per heavy atom. The van der Waals surface area contributed by atoms with Crippen LogP contribution in [0.2, 0.25) is 0 Å². The molecule has 28 heavy (non-hydrogen) atoms. The SMILES string of the molecule is Cc1nn(C)c(N2CCOCC2)c1CNCC(O)(c1ccccc1)C(F)(F)F. The Kier molecular flexibility index (Phi) is 5.97. The molecule has 6 nitrogen and oxygen atoms in total. The monoisotopic (exact) mass is 398 g/mol. The molecule has 0 aliphatic carbocycles. The number of rotatable bonds is 6. The van der Waals surface area contributed by atoms with Gasteiger partial charge in [-0.25, -0.2) is 0 Å². The first-order valence-electron chi connectivity index (χ1n) is 9.14. The fraction of sp³-hybridized carbons (Fsp3) is 0.526. The summed E-state index contributed by atoms with van der Waals surface area (Å²) >= 11 is 0. The zero-order valence-corrected chi connectivity index (χ0v) is 16.0. The minimum absolute atomic E-state index is 0.164. The van der Waals surface area contributed by atoms with Gasteiger partial charge in [-0.15, -0.1) is 0 Å². The first kappa shape index (κ1) is 20.6. The molecule has 1 saturated heterocycles. The number of ether oxygens (including phenoxy) is 1. The van der Waals surface area contributed by atoms with Crippen LogP contribution < -0.4 is 10.2 Å². The van der Waals surface area contributed by atoms with E-state index in [4.69, 9.17) is 4.74 Å². The van der Waals surface area contributed by atoms with Crippen molar-refractivity contribution in [2.24, 2.45) is 7.05 Å². The highest BCUT2D eigenvalue weighted by molar-refractivity contribution is 5.50. The van der Waals surface area contributed by atoms with Gasteiger partial charge in [-0.3, -0.25) is 4.68 Å². The maximum atomic E-state index is 13.6. The average Bonchev–Trinajstić information content (AvgIpc) is 2.95. The fourth-order valence-corrected chi connectivity index (χ4v) is 3.52. The van der Waals surface area contributed by atoms with Crippen molar-refractivity contribution in [2.45, 2.75) is 25.2 Å². The highest BCUT2D eigenvalue weighted by atomic mass is 19.4. The summed E-state index contributed by atoms with van der Waals surface area (Å²) in [4.78, 5) is 2.12. The lowest BCUT2D eigenvalue weighted by molar-refractivity contribution is -0.264. The van der Waals surface area contributed by atoms with Crippen LogP contribution in [0.25, 0.3) is 0 Å². The lowest BCUT2D eigenvalue weighted by Crippen LogP contribution is -2.49. The maximum absolute atomic E-state index is 13.6. The minimum Gasteiger partial charge on any atom is -0.378 e. The van der Waals surface area contributed by atoms with Crippen molar-refractivity contribution in [3.63, 3.8) is 0 Å². The summed E-state index contributed by atoms with van der Waals surface area (Å²) in [5.41, 5.74) is -1.59. The van der Waals surface area contributed by atoms with Gasteiger partial charge in [-0.05, 0) is 12.5 Å². The highest BCUT2D eigenvalue weighted by Gasteiger charge is 2.54. The fourth-order valence-electron chi connectivity index (χ4n) is 3.52. The van der Waals surface area contributed by atoms with Gasteiger partial charge in [0.15, 0.2) is 5.60 Å². The summed E-state index contributed by atoms with van der Waals surface area (Å²) in [5, 5.41) is 17.7. The third-order valence-electron chi connectivity index (χ3n) is 5.03. The number of anilines is 1. The summed E-state index contributed by atoms with van der Waals surface area (Å²) in [6.07, 6.45) is -4.81. The van der Waals surface area contributed by atoms with Gasteiger partial charge in [0.25, 0.3) is 0 Å². The van der Waals surface area contributed by atoms with Crippen molar-refractivity contribution in [3.8, 4) is 0 Å². The van der Waals surface area contributed by atoms with Crippen LogP contribution in [-0.2, 0) is 23.9 Å². The van der Waals surface area contributed by atoms with E-state index in [1.807, 2.05) is 14.0 Å². The predicted molar refractivity (Wildman–Crippen MR) is 99.1 cm³/mol. The molecule has 0 saturated carbocycles. The number of nitrogens with one attached hydrogen (secondary N) is 1. The van der Waals surface area contributed by atoms with E-state index in [2.05, 4.69) is 15.3 Å². The molecule has 1 aliphatic rings. The molecule has 1 fully saturated rings. The predicted octanol–water partition coefficient (Wildman–Crippen LogP) is 2.10. The van der Waals surface area contributed by atoms with Gasteiger partial charge >= 0.3 is 6.18 Å². The van der Waals surface area contributed by atoms with Crippen LogP contribution in [0, 0.1) is 6.92 Å². The third-order valence-corrected chi connectivity index (χ3v) is 5.03. The van der Waals surface area contributed by atoms with Crippen LogP contribution in [0.3, 0.4) is 0 Å². The van der Waals surface area contributed by atoms with E-state index in [0.29, 0.717) is 26.3 Å². The van der Waals surface area contributed by atoms with Gasteiger partial charge in [0, 0.05) is 38.8 Å². The molecule has 2 heterocycles. The molecule has 1 atom stereocenters. The van der Waals surface area contributed by atoms with Crippen LogP contribution in [0.1, 0.15) is 16.8 Å². The third kappa shape index (κ3) is 4.01. The summed E-state index contributed by atoms with van der Waals surface area (Å²) in [5.74, 6) is 0.864. The zero-order chi connectivity index (χ0) is 20.4. The molecule has 0 spiro atoms. The number of nitrogens with zero attached hydrogens (tertiary/aromatic N) is 3. The summed E-state index contributed by atoms with van der Waals surface area (Å²) in [6, 6.07) is 7.14. The number of hydrogen-bond acceptors (Lipinski definition) is 5. The van der Waals surface area contributed by atoms with Crippen molar-refractivity contribution in [1.29, 1.82) is 0 Å². The molecule has 1 aromatic carbocycles. The molecule has 3 rings (SSSR count). The van der Waals surface area contributed by atoms with Crippen LogP contribution in [0.15, 0.2) is 30.3 Å². The van der Waals surface area contributed by atoms with Crippen molar-refractivity contribution in [3.05, 3.63) is 47.2 Å². The Morgan fingerprint density at radius 3 is 2.43 bits per heavy atom. The Balaban J connectivity index is 1.78. The van der Waals surface area contributed by atoms with Crippen molar-refractivity contribution in [2.75, 3.05) is 37.7 Å². The Morgan fingerprint density at radius 1 is 1.18 bits per heavy atom. The van der Waals surface area contributed by atoms with E-state index in [9.17, 15) is 18.3 Å². The second-order valence-corrected chi connectivity index (χ2v) is 6.94. The lowest BCUT2D eigenvalue weighted by Gasteiger charge is -2.32. The number of morpholine rings is 1. The summed E-state index contributed by atoms with van der Waals surface area (Å²) in [6.45, 7) is 3.92. The van der Waals surface area contributed by atoms with E-state index in [0.717, 1.165) is 17.1 Å². The van der Waals surface area contributed by atoms with Gasteiger partial charge in [-0.2, -0.15) is 18.3 Å².